The lowest BCUT2D eigenvalue weighted by atomic mass is 10.2. The van der Waals surface area contributed by atoms with E-state index >= 15 is 0 Å². The number of nitrogen functional groups attached to an aromatic ring is 1. The Kier molecular flexibility index (Phi) is 7.58. The summed E-state index contributed by atoms with van der Waals surface area (Å²) in [6, 6.07) is 8.15. The summed E-state index contributed by atoms with van der Waals surface area (Å²) in [6.45, 7) is 0.355. The molecule has 2 rings (SSSR count). The van der Waals surface area contributed by atoms with E-state index in [1.807, 2.05) is 0 Å². The molecule has 0 aliphatic heterocycles. The van der Waals surface area contributed by atoms with Crippen molar-refractivity contribution < 1.29 is 24.8 Å². The number of nitrogens with zero attached hydrogens (tertiary/aromatic N) is 2. The number of rotatable bonds is 6. The van der Waals surface area contributed by atoms with Crippen molar-refractivity contribution in [1.82, 2.24) is 0 Å². The van der Waals surface area contributed by atoms with Crippen LogP contribution < -0.4 is 15.8 Å². The molecule has 11 heteroatoms. The number of nitro groups is 2. The number of ether oxygens (including phenoxy) is 1. The predicted octanol–water partition coefficient (Wildman–Crippen LogP) is 1.89. The number of phenols is 1. The first-order valence-corrected chi connectivity index (χ1v) is 7.20. The minimum absolute atomic E-state index is 0.0137. The predicted molar refractivity (Wildman–Crippen MR) is 94.4 cm³/mol. The summed E-state index contributed by atoms with van der Waals surface area (Å²) in [5.74, 6) is 0.122. The first-order valence-electron chi connectivity index (χ1n) is 7.20. The Labute approximate surface area is 147 Å². The van der Waals surface area contributed by atoms with Gasteiger partial charge in [-0.15, -0.1) is 0 Å². The van der Waals surface area contributed by atoms with Crippen LogP contribution in [0.15, 0.2) is 36.4 Å². The second-order valence-electron chi connectivity index (χ2n) is 4.76. The molecule has 140 valence electrons. The summed E-state index contributed by atoms with van der Waals surface area (Å²) < 4.78 is 4.98. The molecule has 0 fully saturated rings. The number of para-hydroxylation sites is 1. The third-order valence-corrected chi connectivity index (χ3v) is 3.08. The Bertz CT molecular complexity index is 783. The average Bonchev–Trinajstić information content (AvgIpc) is 2.62. The topological polar surface area (TPSA) is 174 Å². The zero-order chi connectivity index (χ0) is 19.7. The molecule has 5 N–H and O–H groups in total. The number of non-ortho nitro benzene ring substituents is 1. The van der Waals surface area contributed by atoms with Crippen LogP contribution in [0.2, 0.25) is 0 Å². The van der Waals surface area contributed by atoms with Gasteiger partial charge in [-0.25, -0.2) is 0 Å². The number of aliphatic hydroxyl groups excluding tert-OH is 1. The molecule has 26 heavy (non-hydrogen) atoms. The molecule has 0 amide bonds. The Morgan fingerprint density at radius 1 is 1.19 bits per heavy atom. The highest BCUT2D eigenvalue weighted by molar-refractivity contribution is 5.66. The minimum Gasteiger partial charge on any atom is -0.506 e. The van der Waals surface area contributed by atoms with Crippen molar-refractivity contribution in [3.63, 3.8) is 0 Å². The Balaban J connectivity index is 0.000000273. The smallest absolute Gasteiger partial charge is 0.295 e. The van der Waals surface area contributed by atoms with Crippen LogP contribution in [0.4, 0.5) is 22.7 Å². The van der Waals surface area contributed by atoms with Crippen LogP contribution in [0.25, 0.3) is 0 Å². The van der Waals surface area contributed by atoms with Crippen LogP contribution in [-0.4, -0.2) is 40.3 Å². The van der Waals surface area contributed by atoms with E-state index in [0.29, 0.717) is 18.0 Å². The zero-order valence-corrected chi connectivity index (χ0v) is 13.8. The number of nitro benzene ring substituents is 2. The molecular weight excluding hydrogens is 348 g/mol. The fourth-order valence-electron chi connectivity index (χ4n) is 1.83. The number of benzene rings is 2. The van der Waals surface area contributed by atoms with E-state index in [0.717, 1.165) is 0 Å². The number of nitrogens with two attached hydrogens (primary N) is 1. The van der Waals surface area contributed by atoms with E-state index in [4.69, 9.17) is 20.7 Å². The molecule has 0 spiro atoms. The summed E-state index contributed by atoms with van der Waals surface area (Å²) in [7, 11) is 1.43. The Hall–Kier alpha value is -3.60. The first-order chi connectivity index (χ1) is 12.3. The molecule has 2 aromatic carbocycles. The van der Waals surface area contributed by atoms with Gasteiger partial charge in [0.1, 0.15) is 11.5 Å². The Morgan fingerprint density at radius 2 is 1.88 bits per heavy atom. The lowest BCUT2D eigenvalue weighted by Gasteiger charge is -2.09. The summed E-state index contributed by atoms with van der Waals surface area (Å²) in [4.78, 5) is 19.5. The Morgan fingerprint density at radius 3 is 2.38 bits per heavy atom. The summed E-state index contributed by atoms with van der Waals surface area (Å²) >= 11 is 0. The number of aliphatic hydroxyl groups is 1. The van der Waals surface area contributed by atoms with Gasteiger partial charge in [0.2, 0.25) is 0 Å². The van der Waals surface area contributed by atoms with Gasteiger partial charge in [0, 0.05) is 18.7 Å². The van der Waals surface area contributed by atoms with E-state index in [-0.39, 0.29) is 29.4 Å². The largest absolute Gasteiger partial charge is 0.506 e. The highest BCUT2D eigenvalue weighted by Crippen LogP contribution is 2.29. The maximum Gasteiger partial charge on any atom is 0.295 e. The van der Waals surface area contributed by atoms with Gasteiger partial charge in [0.25, 0.3) is 11.4 Å². The molecule has 2 aromatic rings. The monoisotopic (exact) mass is 366 g/mol. The third kappa shape index (κ3) is 5.49. The number of methoxy groups -OCH3 is 1. The van der Waals surface area contributed by atoms with E-state index in [9.17, 15) is 20.2 Å². The highest BCUT2D eigenvalue weighted by atomic mass is 16.6. The van der Waals surface area contributed by atoms with Crippen LogP contribution in [0, 0.1) is 20.2 Å². The van der Waals surface area contributed by atoms with Crippen LogP contribution in [0.5, 0.6) is 11.5 Å². The van der Waals surface area contributed by atoms with Crippen molar-refractivity contribution in [3.05, 3.63) is 56.6 Å². The second-order valence-corrected chi connectivity index (χ2v) is 4.76. The van der Waals surface area contributed by atoms with Crippen molar-refractivity contribution in [2.45, 2.75) is 0 Å². The number of hydrogen-bond acceptors (Lipinski definition) is 9. The molecule has 0 unspecified atom stereocenters. The number of nitrogens with one attached hydrogen (secondary N) is 1. The molecule has 0 heterocycles. The van der Waals surface area contributed by atoms with Gasteiger partial charge in [-0.3, -0.25) is 20.2 Å². The number of aromatic hydroxyl groups is 1. The van der Waals surface area contributed by atoms with Crippen molar-refractivity contribution in [1.29, 1.82) is 0 Å². The third-order valence-electron chi connectivity index (χ3n) is 3.08. The molecule has 0 aliphatic rings. The fraction of sp³-hybridized carbons (Fsp3) is 0.200. The second kappa shape index (κ2) is 9.64. The lowest BCUT2D eigenvalue weighted by molar-refractivity contribution is -0.384. The minimum atomic E-state index is -0.644. The maximum atomic E-state index is 10.5. The highest BCUT2D eigenvalue weighted by Gasteiger charge is 2.13. The summed E-state index contributed by atoms with van der Waals surface area (Å²) in [5.41, 5.74) is 5.32. The molecule has 11 nitrogen and oxygen atoms in total. The molecule has 0 saturated carbocycles. The average molecular weight is 366 g/mol. The fourth-order valence-corrected chi connectivity index (χ4v) is 1.83. The lowest BCUT2D eigenvalue weighted by Crippen LogP contribution is -2.06. The first kappa shape index (κ1) is 20.4. The molecule has 0 atom stereocenters. The van der Waals surface area contributed by atoms with Gasteiger partial charge in [-0.2, -0.15) is 0 Å². The summed E-state index contributed by atoms with van der Waals surface area (Å²) in [6.07, 6.45) is 0. The molecule has 0 radical (unpaired) electrons. The van der Waals surface area contributed by atoms with E-state index in [1.165, 1.54) is 37.4 Å². The van der Waals surface area contributed by atoms with Gasteiger partial charge in [-0.05, 0) is 12.1 Å². The summed E-state index contributed by atoms with van der Waals surface area (Å²) in [5, 5.41) is 41.1. The number of hydrogen-bond donors (Lipinski definition) is 4. The zero-order valence-electron chi connectivity index (χ0n) is 13.8. The molecule has 0 saturated heterocycles. The van der Waals surface area contributed by atoms with Gasteiger partial charge in [-0.1, -0.05) is 6.07 Å². The van der Waals surface area contributed by atoms with Crippen molar-refractivity contribution in [3.8, 4) is 11.5 Å². The van der Waals surface area contributed by atoms with Crippen molar-refractivity contribution >= 4 is 22.7 Å². The van der Waals surface area contributed by atoms with E-state index in [1.54, 1.807) is 6.07 Å². The van der Waals surface area contributed by atoms with E-state index in [2.05, 4.69) is 5.32 Å². The normalized spacial score (nSPS) is 9.62. The van der Waals surface area contributed by atoms with Gasteiger partial charge < -0.3 is 26.0 Å². The van der Waals surface area contributed by atoms with Gasteiger partial charge in [0.15, 0.2) is 5.69 Å². The maximum absolute atomic E-state index is 10.5. The van der Waals surface area contributed by atoms with Crippen molar-refractivity contribution in [2.24, 2.45) is 0 Å². The van der Waals surface area contributed by atoms with Crippen LogP contribution in [-0.2, 0) is 0 Å². The number of phenolic OH excluding ortho intramolecular Hbond substituents is 1. The van der Waals surface area contributed by atoms with Gasteiger partial charge in [0.05, 0.1) is 35.3 Å². The van der Waals surface area contributed by atoms with E-state index < -0.39 is 9.85 Å². The number of anilines is 2. The standard InChI is InChI=1S/C9H12N2O4.C6H6N2O3/c1-15-9-6-7(11(13)14)2-3-8(9)10-4-5-12;7-6-4(8(10)11)2-1-3-5(6)9/h2-3,6,10,12H,4-5H2,1H3;1-3,9H,7H2. The van der Waals surface area contributed by atoms with Crippen LogP contribution in [0.3, 0.4) is 0 Å². The molecular formula is C15H18N4O7. The SMILES string of the molecule is COc1cc([N+](=O)[O-])ccc1NCCO.Nc1c(O)cccc1[N+](=O)[O-]. The van der Waals surface area contributed by atoms with Crippen molar-refractivity contribution in [2.75, 3.05) is 31.3 Å². The molecule has 0 aromatic heterocycles. The van der Waals surface area contributed by atoms with Crippen LogP contribution in [0.1, 0.15) is 0 Å². The van der Waals surface area contributed by atoms with Gasteiger partial charge >= 0.3 is 0 Å². The van der Waals surface area contributed by atoms with Crippen LogP contribution >= 0.6 is 0 Å². The molecule has 0 aliphatic carbocycles. The molecule has 0 bridgehead atoms. The quantitative estimate of drug-likeness (QED) is 0.257.